The first-order valence-electron chi connectivity index (χ1n) is 6.58. The van der Waals surface area contributed by atoms with Gasteiger partial charge in [0.25, 0.3) is 0 Å². The Morgan fingerprint density at radius 2 is 1.62 bits per heavy atom. The molecule has 0 aliphatic heterocycles. The SMILES string of the molecule is CC(=O)NCCNC(=O)NCCc1ccccc1C(=O)O. The Bertz CT molecular complexity index is 517. The molecule has 3 amide bonds. The van der Waals surface area contributed by atoms with Crippen LogP contribution in [0.25, 0.3) is 0 Å². The molecular weight excluding hydrogens is 274 g/mol. The number of urea groups is 1. The average molecular weight is 293 g/mol. The molecular formula is C14H19N3O4. The summed E-state index contributed by atoms with van der Waals surface area (Å²) in [6, 6.07) is 6.32. The van der Waals surface area contributed by atoms with Crippen LogP contribution in [0.3, 0.4) is 0 Å². The predicted molar refractivity (Wildman–Crippen MR) is 77.2 cm³/mol. The third-order valence-corrected chi connectivity index (χ3v) is 2.71. The molecule has 1 rings (SSSR count). The Labute approximate surface area is 122 Å². The normalized spacial score (nSPS) is 9.76. The molecule has 0 fully saturated rings. The molecule has 0 atom stereocenters. The van der Waals surface area contributed by atoms with Gasteiger partial charge in [-0.05, 0) is 18.1 Å². The van der Waals surface area contributed by atoms with Gasteiger partial charge >= 0.3 is 12.0 Å². The zero-order valence-corrected chi connectivity index (χ0v) is 11.8. The van der Waals surface area contributed by atoms with Crippen LogP contribution in [0, 0.1) is 0 Å². The van der Waals surface area contributed by atoms with Crippen molar-refractivity contribution < 1.29 is 19.5 Å². The summed E-state index contributed by atoms with van der Waals surface area (Å²) in [6.07, 6.45) is 0.432. The molecule has 21 heavy (non-hydrogen) atoms. The summed E-state index contributed by atoms with van der Waals surface area (Å²) < 4.78 is 0. The van der Waals surface area contributed by atoms with Crippen LogP contribution in [-0.2, 0) is 11.2 Å². The van der Waals surface area contributed by atoms with Crippen LogP contribution in [0.2, 0.25) is 0 Å². The van der Waals surface area contributed by atoms with Crippen LogP contribution in [0.5, 0.6) is 0 Å². The molecule has 0 aromatic heterocycles. The van der Waals surface area contributed by atoms with E-state index in [9.17, 15) is 14.4 Å². The number of hydrogen-bond donors (Lipinski definition) is 4. The molecule has 0 radical (unpaired) electrons. The summed E-state index contributed by atoms with van der Waals surface area (Å²) in [6.45, 7) is 2.43. The Morgan fingerprint density at radius 1 is 1.00 bits per heavy atom. The maximum absolute atomic E-state index is 11.4. The van der Waals surface area contributed by atoms with Crippen molar-refractivity contribution in [3.63, 3.8) is 0 Å². The van der Waals surface area contributed by atoms with Crippen molar-refractivity contribution in [2.75, 3.05) is 19.6 Å². The van der Waals surface area contributed by atoms with Crippen LogP contribution in [-0.4, -0.2) is 42.6 Å². The van der Waals surface area contributed by atoms with E-state index in [1.807, 2.05) is 0 Å². The van der Waals surface area contributed by atoms with Gasteiger partial charge in [0, 0.05) is 26.6 Å². The number of carboxylic acids is 1. The number of amides is 3. The van der Waals surface area contributed by atoms with E-state index in [2.05, 4.69) is 16.0 Å². The second kappa shape index (κ2) is 8.57. The third-order valence-electron chi connectivity index (χ3n) is 2.71. The van der Waals surface area contributed by atoms with Crippen LogP contribution in [0.15, 0.2) is 24.3 Å². The molecule has 0 bridgehead atoms. The fourth-order valence-corrected chi connectivity index (χ4v) is 1.73. The zero-order valence-electron chi connectivity index (χ0n) is 11.8. The molecule has 0 aliphatic rings. The highest BCUT2D eigenvalue weighted by Crippen LogP contribution is 2.08. The Kier molecular flexibility index (Phi) is 6.73. The van der Waals surface area contributed by atoms with Crippen LogP contribution >= 0.6 is 0 Å². The van der Waals surface area contributed by atoms with Crippen LogP contribution < -0.4 is 16.0 Å². The molecule has 7 nitrogen and oxygen atoms in total. The number of nitrogens with one attached hydrogen (secondary N) is 3. The summed E-state index contributed by atoms with van der Waals surface area (Å²) in [5.41, 5.74) is 0.911. The van der Waals surface area contributed by atoms with Crippen molar-refractivity contribution in [2.45, 2.75) is 13.3 Å². The molecule has 0 aliphatic carbocycles. The molecule has 0 spiro atoms. The summed E-state index contributed by atoms with van der Waals surface area (Å²) in [5.74, 6) is -1.13. The van der Waals surface area contributed by atoms with Crippen molar-refractivity contribution in [3.8, 4) is 0 Å². The molecule has 7 heteroatoms. The maximum Gasteiger partial charge on any atom is 0.335 e. The lowest BCUT2D eigenvalue weighted by atomic mass is 10.0. The lowest BCUT2D eigenvalue weighted by Gasteiger charge is -2.09. The molecule has 0 saturated carbocycles. The first kappa shape index (κ1) is 16.5. The van der Waals surface area contributed by atoms with Gasteiger partial charge in [-0.25, -0.2) is 9.59 Å². The molecule has 0 unspecified atom stereocenters. The number of hydrogen-bond acceptors (Lipinski definition) is 3. The van der Waals surface area contributed by atoms with Crippen LogP contribution in [0.4, 0.5) is 4.79 Å². The summed E-state index contributed by atoms with van der Waals surface area (Å²) in [7, 11) is 0. The van der Waals surface area contributed by atoms with Gasteiger partial charge in [-0.2, -0.15) is 0 Å². The quantitative estimate of drug-likeness (QED) is 0.544. The van der Waals surface area contributed by atoms with Crippen molar-refractivity contribution in [1.82, 2.24) is 16.0 Å². The fraction of sp³-hybridized carbons (Fsp3) is 0.357. The number of carboxylic acid groups (broad SMARTS) is 1. The largest absolute Gasteiger partial charge is 0.478 e. The second-order valence-corrected chi connectivity index (χ2v) is 4.38. The maximum atomic E-state index is 11.4. The predicted octanol–water partition coefficient (Wildman–Crippen LogP) is 0.363. The van der Waals surface area contributed by atoms with Crippen molar-refractivity contribution in [2.24, 2.45) is 0 Å². The van der Waals surface area contributed by atoms with E-state index in [1.54, 1.807) is 18.2 Å². The zero-order chi connectivity index (χ0) is 15.7. The lowest BCUT2D eigenvalue weighted by Crippen LogP contribution is -2.40. The Hall–Kier alpha value is -2.57. The van der Waals surface area contributed by atoms with Gasteiger partial charge < -0.3 is 21.1 Å². The highest BCUT2D eigenvalue weighted by Gasteiger charge is 2.08. The molecule has 0 saturated heterocycles. The van der Waals surface area contributed by atoms with Gasteiger partial charge in [-0.3, -0.25) is 4.79 Å². The van der Waals surface area contributed by atoms with E-state index >= 15 is 0 Å². The van der Waals surface area contributed by atoms with E-state index < -0.39 is 5.97 Å². The molecule has 4 N–H and O–H groups in total. The first-order chi connectivity index (χ1) is 10.0. The lowest BCUT2D eigenvalue weighted by molar-refractivity contribution is -0.118. The molecule has 0 heterocycles. The number of aromatic carboxylic acids is 1. The summed E-state index contributed by atoms with van der Waals surface area (Å²) >= 11 is 0. The van der Waals surface area contributed by atoms with E-state index in [4.69, 9.17) is 5.11 Å². The van der Waals surface area contributed by atoms with E-state index in [-0.39, 0.29) is 17.5 Å². The second-order valence-electron chi connectivity index (χ2n) is 4.38. The standard InChI is InChI=1S/C14H19N3O4/c1-10(18)15-8-9-17-14(21)16-7-6-11-4-2-3-5-12(11)13(19)20/h2-5H,6-9H2,1H3,(H,15,18)(H,19,20)(H2,16,17,21). The Morgan fingerprint density at radius 3 is 2.29 bits per heavy atom. The number of benzene rings is 1. The van der Waals surface area contributed by atoms with E-state index in [0.717, 1.165) is 0 Å². The van der Waals surface area contributed by atoms with E-state index in [1.165, 1.54) is 13.0 Å². The Balaban J connectivity index is 2.29. The number of rotatable bonds is 7. The molecule has 114 valence electrons. The van der Waals surface area contributed by atoms with Crippen molar-refractivity contribution in [1.29, 1.82) is 0 Å². The van der Waals surface area contributed by atoms with Crippen molar-refractivity contribution >= 4 is 17.9 Å². The minimum atomic E-state index is -0.981. The number of carbonyl (C=O) groups excluding carboxylic acids is 2. The van der Waals surface area contributed by atoms with Gasteiger partial charge in [0.15, 0.2) is 0 Å². The summed E-state index contributed by atoms with van der Waals surface area (Å²) in [5, 5.41) is 16.8. The molecule has 1 aromatic rings. The van der Waals surface area contributed by atoms with Crippen molar-refractivity contribution in [3.05, 3.63) is 35.4 Å². The monoisotopic (exact) mass is 293 g/mol. The minimum absolute atomic E-state index is 0.150. The van der Waals surface area contributed by atoms with Crippen LogP contribution in [0.1, 0.15) is 22.8 Å². The number of carbonyl (C=O) groups is 3. The van der Waals surface area contributed by atoms with E-state index in [0.29, 0.717) is 31.6 Å². The minimum Gasteiger partial charge on any atom is -0.478 e. The van der Waals surface area contributed by atoms with Gasteiger partial charge in [-0.15, -0.1) is 0 Å². The first-order valence-corrected chi connectivity index (χ1v) is 6.58. The third kappa shape index (κ3) is 6.42. The summed E-state index contributed by atoms with van der Waals surface area (Å²) in [4.78, 5) is 33.1. The van der Waals surface area contributed by atoms with Gasteiger partial charge in [-0.1, -0.05) is 18.2 Å². The molecule has 1 aromatic carbocycles. The van der Waals surface area contributed by atoms with Gasteiger partial charge in [0.1, 0.15) is 0 Å². The fourth-order valence-electron chi connectivity index (χ4n) is 1.73. The average Bonchev–Trinajstić information content (AvgIpc) is 2.44. The van der Waals surface area contributed by atoms with Gasteiger partial charge in [0.05, 0.1) is 5.56 Å². The highest BCUT2D eigenvalue weighted by atomic mass is 16.4. The highest BCUT2D eigenvalue weighted by molar-refractivity contribution is 5.89. The smallest absolute Gasteiger partial charge is 0.335 e. The van der Waals surface area contributed by atoms with Gasteiger partial charge in [0.2, 0.25) is 5.91 Å². The topological polar surface area (TPSA) is 108 Å².